The van der Waals surface area contributed by atoms with Gasteiger partial charge in [0.2, 0.25) is 0 Å². The van der Waals surface area contributed by atoms with Crippen molar-refractivity contribution in [2.45, 2.75) is 39.0 Å². The summed E-state index contributed by atoms with van der Waals surface area (Å²) in [5, 5.41) is 0. The van der Waals surface area contributed by atoms with Crippen LogP contribution in [0.15, 0.2) is 47.4 Å². The van der Waals surface area contributed by atoms with Gasteiger partial charge < -0.3 is 4.90 Å². The van der Waals surface area contributed by atoms with Crippen LogP contribution in [0.2, 0.25) is 0 Å². The molecule has 2 aromatic carbocycles. The summed E-state index contributed by atoms with van der Waals surface area (Å²) in [5.74, 6) is -0.169. The van der Waals surface area contributed by atoms with Gasteiger partial charge in [0.05, 0.1) is 10.6 Å². The molecule has 0 aromatic heterocycles. The Morgan fingerprint density at radius 2 is 1.69 bits per heavy atom. The van der Waals surface area contributed by atoms with Gasteiger partial charge >= 0.3 is 0 Å². The Kier molecular flexibility index (Phi) is 6.42. The highest BCUT2D eigenvalue weighted by atomic mass is 32.2. The van der Waals surface area contributed by atoms with Gasteiger partial charge in [-0.2, -0.15) is 0 Å². The number of para-hydroxylation sites is 1. The summed E-state index contributed by atoms with van der Waals surface area (Å²) in [5.41, 5.74) is 2.78. The van der Waals surface area contributed by atoms with Crippen LogP contribution in [-0.2, 0) is 16.4 Å². The first kappa shape index (κ1) is 20.0. The van der Waals surface area contributed by atoms with E-state index in [-0.39, 0.29) is 10.8 Å². The van der Waals surface area contributed by atoms with Crippen LogP contribution in [0, 0.1) is 6.92 Å². The molecule has 0 spiro atoms. The molecule has 1 N–H and O–H groups in total. The van der Waals surface area contributed by atoms with Gasteiger partial charge in [0.15, 0.2) is 0 Å². The summed E-state index contributed by atoms with van der Waals surface area (Å²) in [6.07, 6.45) is 0.722. The van der Waals surface area contributed by atoms with E-state index in [0.29, 0.717) is 24.3 Å². The van der Waals surface area contributed by atoms with Crippen LogP contribution < -0.4 is 4.72 Å². The lowest BCUT2D eigenvalue weighted by Gasteiger charge is -2.19. The third-order valence-corrected chi connectivity index (χ3v) is 5.77. The van der Waals surface area contributed by atoms with E-state index < -0.39 is 10.0 Å². The summed E-state index contributed by atoms with van der Waals surface area (Å²) in [6, 6.07) is 11.9. The van der Waals surface area contributed by atoms with Gasteiger partial charge in [0, 0.05) is 18.7 Å². The standard InChI is InChI=1S/C20H26N2O3S/c1-5-16-11-8-10-15(4)19(16)21-26(24,25)18-13-9-12-17(14-18)20(23)22(6-2)7-3/h8-14,21H,5-7H2,1-4H3. The average Bonchev–Trinajstić information content (AvgIpc) is 2.64. The maximum Gasteiger partial charge on any atom is 0.261 e. The molecule has 5 nitrogen and oxygen atoms in total. The number of benzene rings is 2. The van der Waals surface area contributed by atoms with Crippen LogP contribution in [0.3, 0.4) is 0 Å². The number of anilines is 1. The van der Waals surface area contributed by atoms with Gasteiger partial charge in [0.25, 0.3) is 15.9 Å². The highest BCUT2D eigenvalue weighted by Crippen LogP contribution is 2.25. The quantitative estimate of drug-likeness (QED) is 0.801. The summed E-state index contributed by atoms with van der Waals surface area (Å²) < 4.78 is 28.4. The molecule has 0 atom stereocenters. The molecular formula is C20H26N2O3S. The van der Waals surface area contributed by atoms with E-state index in [1.807, 2.05) is 45.9 Å². The molecule has 0 fully saturated rings. The van der Waals surface area contributed by atoms with E-state index >= 15 is 0 Å². The van der Waals surface area contributed by atoms with Crippen molar-refractivity contribution in [3.63, 3.8) is 0 Å². The van der Waals surface area contributed by atoms with E-state index in [1.165, 1.54) is 12.1 Å². The monoisotopic (exact) mass is 374 g/mol. The van der Waals surface area contributed by atoms with Crippen molar-refractivity contribution < 1.29 is 13.2 Å². The first-order valence-electron chi connectivity index (χ1n) is 8.84. The van der Waals surface area contributed by atoms with Crippen molar-refractivity contribution >= 4 is 21.6 Å². The second-order valence-electron chi connectivity index (χ2n) is 6.07. The van der Waals surface area contributed by atoms with E-state index in [4.69, 9.17) is 0 Å². The predicted molar refractivity (Wildman–Crippen MR) is 105 cm³/mol. The van der Waals surface area contributed by atoms with Crippen molar-refractivity contribution in [1.29, 1.82) is 0 Å². The van der Waals surface area contributed by atoms with Crippen LogP contribution in [0.1, 0.15) is 42.3 Å². The zero-order chi connectivity index (χ0) is 19.3. The third-order valence-electron chi connectivity index (χ3n) is 4.42. The van der Waals surface area contributed by atoms with Crippen molar-refractivity contribution in [2.24, 2.45) is 0 Å². The highest BCUT2D eigenvalue weighted by molar-refractivity contribution is 7.92. The Morgan fingerprint density at radius 3 is 2.31 bits per heavy atom. The summed E-state index contributed by atoms with van der Waals surface area (Å²) in [7, 11) is -3.78. The minimum Gasteiger partial charge on any atom is -0.339 e. The molecule has 2 rings (SSSR count). The number of nitrogens with one attached hydrogen (secondary N) is 1. The molecule has 0 saturated carbocycles. The molecular weight excluding hydrogens is 348 g/mol. The van der Waals surface area contributed by atoms with Gasteiger partial charge in [0.1, 0.15) is 0 Å². The lowest BCUT2D eigenvalue weighted by atomic mass is 10.1. The average molecular weight is 375 g/mol. The second-order valence-corrected chi connectivity index (χ2v) is 7.76. The van der Waals surface area contributed by atoms with E-state index in [2.05, 4.69) is 4.72 Å². The number of aryl methyl sites for hydroxylation is 2. The zero-order valence-corrected chi connectivity index (χ0v) is 16.6. The fraction of sp³-hybridized carbons (Fsp3) is 0.350. The topological polar surface area (TPSA) is 66.5 Å². The molecule has 0 bridgehead atoms. The maximum absolute atomic E-state index is 12.9. The fourth-order valence-electron chi connectivity index (χ4n) is 2.85. The smallest absolute Gasteiger partial charge is 0.261 e. The normalized spacial score (nSPS) is 11.2. The maximum atomic E-state index is 12.9. The Morgan fingerprint density at radius 1 is 1.04 bits per heavy atom. The number of hydrogen-bond acceptors (Lipinski definition) is 3. The first-order valence-corrected chi connectivity index (χ1v) is 10.3. The van der Waals surface area contributed by atoms with Crippen LogP contribution in [0.25, 0.3) is 0 Å². The fourth-order valence-corrected chi connectivity index (χ4v) is 4.07. The SMILES string of the molecule is CCc1cccc(C)c1NS(=O)(=O)c1cccc(C(=O)N(CC)CC)c1. The van der Waals surface area contributed by atoms with E-state index in [9.17, 15) is 13.2 Å². The number of carbonyl (C=O) groups excluding carboxylic acids is 1. The molecule has 0 radical (unpaired) electrons. The summed E-state index contributed by atoms with van der Waals surface area (Å²) in [4.78, 5) is 14.3. The molecule has 6 heteroatoms. The molecule has 0 unspecified atom stereocenters. The predicted octanol–water partition coefficient (Wildman–Crippen LogP) is 3.84. The van der Waals surface area contributed by atoms with E-state index in [0.717, 1.165) is 17.5 Å². The first-order chi connectivity index (χ1) is 12.3. The Labute approximate surface area is 156 Å². The van der Waals surface area contributed by atoms with Gasteiger partial charge in [-0.15, -0.1) is 0 Å². The van der Waals surface area contributed by atoms with Crippen molar-refractivity contribution in [3.05, 3.63) is 59.2 Å². The van der Waals surface area contributed by atoms with Gasteiger partial charge in [-0.1, -0.05) is 31.2 Å². The van der Waals surface area contributed by atoms with Gasteiger partial charge in [-0.3, -0.25) is 9.52 Å². The summed E-state index contributed by atoms with van der Waals surface area (Å²) >= 11 is 0. The minimum absolute atomic E-state index is 0.0841. The van der Waals surface area contributed by atoms with E-state index in [1.54, 1.807) is 17.0 Å². The second kappa shape index (κ2) is 8.36. The van der Waals surface area contributed by atoms with Crippen LogP contribution in [-0.4, -0.2) is 32.3 Å². The third kappa shape index (κ3) is 4.25. The largest absolute Gasteiger partial charge is 0.339 e. The molecule has 0 saturated heterocycles. The van der Waals surface area contributed by atoms with Gasteiger partial charge in [-0.25, -0.2) is 8.42 Å². The van der Waals surface area contributed by atoms with Crippen LogP contribution in [0.4, 0.5) is 5.69 Å². The Bertz CT molecular complexity index is 888. The lowest BCUT2D eigenvalue weighted by molar-refractivity contribution is 0.0772. The molecule has 0 heterocycles. The lowest BCUT2D eigenvalue weighted by Crippen LogP contribution is -2.30. The molecule has 2 aromatic rings. The number of rotatable bonds is 7. The van der Waals surface area contributed by atoms with Crippen molar-refractivity contribution in [1.82, 2.24) is 4.90 Å². The minimum atomic E-state index is -3.78. The number of sulfonamides is 1. The van der Waals surface area contributed by atoms with Crippen molar-refractivity contribution in [2.75, 3.05) is 17.8 Å². The molecule has 0 aliphatic heterocycles. The highest BCUT2D eigenvalue weighted by Gasteiger charge is 2.20. The molecule has 26 heavy (non-hydrogen) atoms. The Hall–Kier alpha value is -2.34. The summed E-state index contributed by atoms with van der Waals surface area (Å²) in [6.45, 7) is 8.80. The number of nitrogens with zero attached hydrogens (tertiary/aromatic N) is 1. The number of hydrogen-bond donors (Lipinski definition) is 1. The van der Waals surface area contributed by atoms with Gasteiger partial charge in [-0.05, 0) is 56.5 Å². The molecule has 1 amide bonds. The molecule has 140 valence electrons. The van der Waals surface area contributed by atoms with Crippen LogP contribution >= 0.6 is 0 Å². The molecule has 0 aliphatic rings. The number of carbonyl (C=O) groups is 1. The van der Waals surface area contributed by atoms with Crippen LogP contribution in [0.5, 0.6) is 0 Å². The Balaban J connectivity index is 2.39. The number of amides is 1. The zero-order valence-electron chi connectivity index (χ0n) is 15.7. The van der Waals surface area contributed by atoms with Crippen molar-refractivity contribution in [3.8, 4) is 0 Å². The molecule has 0 aliphatic carbocycles.